The van der Waals surface area contributed by atoms with E-state index in [0.717, 1.165) is 45.5 Å². The molecule has 0 atom stereocenters. The lowest BCUT2D eigenvalue weighted by atomic mass is 9.33. The molecule has 368 valence electrons. The minimum Gasteiger partial charge on any atom is -0.456 e. The summed E-state index contributed by atoms with van der Waals surface area (Å²) in [6.07, 6.45) is 0. The van der Waals surface area contributed by atoms with Crippen LogP contribution in [0, 0.1) is 13.8 Å². The Balaban J connectivity index is 1.28. The summed E-state index contributed by atoms with van der Waals surface area (Å²) < 4.78 is 7.96. The zero-order chi connectivity index (χ0) is 51.9. The van der Waals surface area contributed by atoms with E-state index >= 15 is 0 Å². The van der Waals surface area contributed by atoms with E-state index in [0.29, 0.717) is 0 Å². The van der Waals surface area contributed by atoms with Gasteiger partial charge in [0, 0.05) is 39.4 Å². The van der Waals surface area contributed by atoms with Gasteiger partial charge in [-0.3, -0.25) is 0 Å². The fourth-order valence-electron chi connectivity index (χ4n) is 12.0. The number of ether oxygens (including phenoxy) is 1. The summed E-state index contributed by atoms with van der Waals surface area (Å²) in [7, 11) is 0. The van der Waals surface area contributed by atoms with Crippen molar-refractivity contribution in [2.75, 3.05) is 9.80 Å². The first-order chi connectivity index (χ1) is 34.3. The number of fused-ring (bicyclic) bond motifs is 7. The number of anilines is 6. The van der Waals surface area contributed by atoms with E-state index in [2.05, 4.69) is 272 Å². The third-order valence-electron chi connectivity index (χ3n) is 16.2. The Morgan fingerprint density at radius 2 is 0.986 bits per heavy atom. The van der Waals surface area contributed by atoms with Crippen LogP contribution in [0.2, 0.25) is 0 Å². The second-order valence-electron chi connectivity index (χ2n) is 26.1. The third kappa shape index (κ3) is 8.12. The average Bonchev–Trinajstić information content (AvgIpc) is 3.55. The lowest BCUT2D eigenvalue weighted by Crippen LogP contribution is -2.60. The minimum absolute atomic E-state index is 0.00525. The van der Waals surface area contributed by atoms with Crippen molar-refractivity contribution in [1.29, 1.82) is 0 Å². The first kappa shape index (κ1) is 48.5. The Morgan fingerprint density at radius 1 is 0.479 bits per heavy atom. The van der Waals surface area contributed by atoms with Crippen LogP contribution in [0.3, 0.4) is 0 Å². The van der Waals surface area contributed by atoms with Crippen LogP contribution in [0.1, 0.15) is 141 Å². The first-order valence-electron chi connectivity index (χ1n) is 26.6. The Bertz CT molecular complexity index is 3420. The molecule has 0 bridgehead atoms. The Hall–Kier alpha value is -6.78. The smallest absolute Gasteiger partial charge is 0.256 e. The molecule has 8 aromatic rings. The van der Waals surface area contributed by atoms with Crippen molar-refractivity contribution in [2.45, 2.75) is 138 Å². The van der Waals surface area contributed by atoms with E-state index in [4.69, 9.17) is 4.74 Å². The SMILES string of the molecule is Cc1cc(C)cc(-c2cc3c4c(c2)N(c2ccc(C(C)(C)C)cc2)c2ccc(C(C)(C)C)cc2B4c2cc4c(c(N(c5ccc(C(C)(C)C)cc5)c5ccc(C(C)(C)C)cc5)c2O3)-c2ccccc2C4(C)C)c1. The van der Waals surface area contributed by atoms with E-state index in [1.807, 2.05) is 0 Å². The molecular weight excluding hydrogens is 884 g/mol. The van der Waals surface area contributed by atoms with Crippen molar-refractivity contribution in [2.24, 2.45) is 0 Å². The van der Waals surface area contributed by atoms with Crippen molar-refractivity contribution in [3.8, 4) is 33.8 Å². The molecule has 0 spiro atoms. The van der Waals surface area contributed by atoms with Crippen molar-refractivity contribution >= 4 is 57.2 Å². The molecule has 4 heteroatoms. The molecule has 0 aromatic heterocycles. The first-order valence-corrected chi connectivity index (χ1v) is 26.6. The van der Waals surface area contributed by atoms with Crippen molar-refractivity contribution in [3.05, 3.63) is 196 Å². The molecule has 0 amide bonds. The molecule has 0 N–H and O–H groups in total. The van der Waals surface area contributed by atoms with E-state index in [9.17, 15) is 0 Å². The maximum absolute atomic E-state index is 7.96. The van der Waals surface area contributed by atoms with Crippen LogP contribution >= 0.6 is 0 Å². The van der Waals surface area contributed by atoms with Gasteiger partial charge in [-0.15, -0.1) is 0 Å². The highest BCUT2D eigenvalue weighted by atomic mass is 16.5. The number of aryl methyl sites for hydroxylation is 2. The van der Waals surface area contributed by atoms with E-state index in [1.54, 1.807) is 0 Å². The highest BCUT2D eigenvalue weighted by Gasteiger charge is 2.48. The Kier molecular flexibility index (Phi) is 11.0. The largest absolute Gasteiger partial charge is 0.456 e. The fraction of sp³-hybridized carbons (Fsp3) is 0.304. The molecule has 2 heterocycles. The molecule has 0 fully saturated rings. The number of hydrogen-bond donors (Lipinski definition) is 0. The molecule has 2 aliphatic heterocycles. The summed E-state index contributed by atoms with van der Waals surface area (Å²) in [6.45, 7) is 36.8. The standard InChI is InChI=1S/C69H73BN2O/c1-42-35-43(2)37-44(36-42)45-38-59-62-60(39-45)73-64-57(70(62)56-40-49(68(12,13)14)27-34-58(56)72(59)52-32-25-48(26-33-52)67(9,10)11)41-55-61(53-19-17-18-20-54(53)69(55,15)16)63(64)71(50-28-21-46(22-29-50)65(3,4)5)51-30-23-47(24-31-51)66(6,7)8/h17-41H,1-16H3. The van der Waals surface area contributed by atoms with Gasteiger partial charge >= 0.3 is 0 Å². The van der Waals surface area contributed by atoms with Gasteiger partial charge in [0.05, 0.1) is 5.69 Å². The molecule has 3 aliphatic rings. The predicted molar refractivity (Wildman–Crippen MR) is 314 cm³/mol. The van der Waals surface area contributed by atoms with Crippen LogP contribution in [0.4, 0.5) is 34.1 Å². The zero-order valence-corrected chi connectivity index (χ0v) is 46.3. The molecular formula is C69H73BN2O. The molecule has 0 radical (unpaired) electrons. The third-order valence-corrected chi connectivity index (χ3v) is 16.2. The lowest BCUT2D eigenvalue weighted by molar-refractivity contribution is 0.488. The fourth-order valence-corrected chi connectivity index (χ4v) is 12.0. The highest BCUT2D eigenvalue weighted by molar-refractivity contribution is 6.99. The number of rotatable bonds is 5. The molecule has 0 saturated carbocycles. The van der Waals surface area contributed by atoms with E-state index < -0.39 is 0 Å². The monoisotopic (exact) mass is 957 g/mol. The quantitative estimate of drug-likeness (QED) is 0.160. The van der Waals surface area contributed by atoms with Crippen LogP contribution in [0.5, 0.6) is 11.5 Å². The van der Waals surface area contributed by atoms with Gasteiger partial charge in [0.25, 0.3) is 6.71 Å². The summed E-state index contributed by atoms with van der Waals surface area (Å²) in [5.74, 6) is 1.80. The number of nitrogens with zero attached hydrogens (tertiary/aromatic N) is 2. The minimum atomic E-state index is -0.296. The maximum atomic E-state index is 7.96. The van der Waals surface area contributed by atoms with Gasteiger partial charge in [-0.05, 0) is 157 Å². The average molecular weight is 957 g/mol. The topological polar surface area (TPSA) is 15.7 Å². The molecule has 3 nitrogen and oxygen atoms in total. The molecule has 0 unspecified atom stereocenters. The van der Waals surface area contributed by atoms with E-state index in [1.165, 1.54) is 83.3 Å². The van der Waals surface area contributed by atoms with Crippen LogP contribution in [-0.2, 0) is 27.1 Å². The lowest BCUT2D eigenvalue weighted by Gasteiger charge is -2.42. The summed E-state index contributed by atoms with van der Waals surface area (Å²) in [4.78, 5) is 5.05. The van der Waals surface area contributed by atoms with Crippen LogP contribution < -0.4 is 30.9 Å². The normalized spacial score (nSPS) is 14.5. The summed E-state index contributed by atoms with van der Waals surface area (Å²) in [5, 5.41) is 0. The summed E-state index contributed by atoms with van der Waals surface area (Å²) >= 11 is 0. The second-order valence-corrected chi connectivity index (χ2v) is 26.1. The van der Waals surface area contributed by atoms with Crippen molar-refractivity contribution < 1.29 is 4.74 Å². The van der Waals surface area contributed by atoms with Crippen molar-refractivity contribution in [3.63, 3.8) is 0 Å². The molecule has 8 aromatic carbocycles. The van der Waals surface area contributed by atoms with Gasteiger partial charge < -0.3 is 14.5 Å². The van der Waals surface area contributed by atoms with Crippen LogP contribution in [-0.4, -0.2) is 6.71 Å². The Labute approximate surface area is 437 Å². The van der Waals surface area contributed by atoms with Gasteiger partial charge in [0.15, 0.2) is 0 Å². The summed E-state index contributed by atoms with van der Waals surface area (Å²) in [5.41, 5.74) is 25.2. The van der Waals surface area contributed by atoms with Gasteiger partial charge in [0.2, 0.25) is 0 Å². The van der Waals surface area contributed by atoms with Gasteiger partial charge in [-0.2, -0.15) is 0 Å². The van der Waals surface area contributed by atoms with Crippen LogP contribution in [0.15, 0.2) is 152 Å². The molecule has 73 heavy (non-hydrogen) atoms. The van der Waals surface area contributed by atoms with Gasteiger partial charge in [0.1, 0.15) is 11.5 Å². The van der Waals surface area contributed by atoms with Crippen molar-refractivity contribution in [1.82, 2.24) is 0 Å². The second kappa shape index (κ2) is 16.6. The molecule has 11 rings (SSSR count). The zero-order valence-electron chi connectivity index (χ0n) is 46.3. The number of benzene rings is 8. The van der Waals surface area contributed by atoms with E-state index in [-0.39, 0.29) is 33.8 Å². The predicted octanol–water partition coefficient (Wildman–Crippen LogP) is 17.3. The summed E-state index contributed by atoms with van der Waals surface area (Å²) in [6, 6.07) is 58.6. The Morgan fingerprint density at radius 3 is 1.53 bits per heavy atom. The highest BCUT2D eigenvalue weighted by Crippen LogP contribution is 2.58. The maximum Gasteiger partial charge on any atom is 0.256 e. The number of hydrogen-bond acceptors (Lipinski definition) is 3. The van der Waals surface area contributed by atoms with Crippen LogP contribution in [0.25, 0.3) is 22.3 Å². The van der Waals surface area contributed by atoms with Gasteiger partial charge in [-0.1, -0.05) is 205 Å². The molecule has 1 aliphatic carbocycles. The van der Waals surface area contributed by atoms with Gasteiger partial charge in [-0.25, -0.2) is 0 Å². The molecule has 0 saturated heterocycles.